The van der Waals surface area contributed by atoms with Crippen LogP contribution in [0.1, 0.15) is 0 Å². The fourth-order valence-corrected chi connectivity index (χ4v) is 0.716. The molecule has 1 heterocycles. The molecule has 0 saturated heterocycles. The third-order valence-electron chi connectivity index (χ3n) is 1.37. The third-order valence-corrected chi connectivity index (χ3v) is 1.37. The van der Waals surface area contributed by atoms with Crippen molar-refractivity contribution in [1.29, 1.82) is 0 Å². The SMILES string of the molecule is COC(CN)C(=O)Nc1nn[nH]n1.Cl. The number of ether oxygens (including phenoxy) is 1. The molecule has 1 aromatic heterocycles. The number of aromatic nitrogens is 4. The molecule has 14 heavy (non-hydrogen) atoms. The maximum absolute atomic E-state index is 11.2. The van der Waals surface area contributed by atoms with E-state index in [2.05, 4.69) is 25.9 Å². The van der Waals surface area contributed by atoms with Gasteiger partial charge in [-0.25, -0.2) is 0 Å². The van der Waals surface area contributed by atoms with Crippen LogP contribution < -0.4 is 11.1 Å². The van der Waals surface area contributed by atoms with Crippen LogP contribution in [0.4, 0.5) is 5.95 Å². The quantitative estimate of drug-likeness (QED) is 0.573. The molecule has 1 aromatic rings. The number of hydrogen-bond donors (Lipinski definition) is 3. The van der Waals surface area contributed by atoms with Gasteiger partial charge in [-0.2, -0.15) is 5.21 Å². The van der Waals surface area contributed by atoms with E-state index in [0.29, 0.717) is 0 Å². The van der Waals surface area contributed by atoms with Crippen LogP contribution in [0.5, 0.6) is 0 Å². The molecule has 0 aliphatic heterocycles. The summed E-state index contributed by atoms with van der Waals surface area (Å²) in [5, 5.41) is 14.9. The summed E-state index contributed by atoms with van der Waals surface area (Å²) in [5.74, 6) is -0.299. The zero-order valence-corrected chi connectivity index (χ0v) is 8.24. The molecule has 0 radical (unpaired) electrons. The van der Waals surface area contributed by atoms with E-state index in [9.17, 15) is 4.79 Å². The monoisotopic (exact) mass is 222 g/mol. The highest BCUT2D eigenvalue weighted by Gasteiger charge is 2.16. The van der Waals surface area contributed by atoms with Crippen LogP contribution >= 0.6 is 12.4 Å². The lowest BCUT2D eigenvalue weighted by molar-refractivity contribution is -0.125. The first kappa shape index (κ1) is 12.8. The van der Waals surface area contributed by atoms with Crippen molar-refractivity contribution in [3.05, 3.63) is 0 Å². The number of halogens is 1. The first-order valence-corrected chi connectivity index (χ1v) is 3.55. The Labute approximate surface area is 86.0 Å². The first-order valence-electron chi connectivity index (χ1n) is 3.55. The molecule has 0 aliphatic rings. The van der Waals surface area contributed by atoms with Crippen molar-refractivity contribution in [1.82, 2.24) is 20.6 Å². The van der Waals surface area contributed by atoms with Crippen molar-refractivity contribution in [2.75, 3.05) is 19.0 Å². The van der Waals surface area contributed by atoms with Gasteiger partial charge in [-0.05, 0) is 5.21 Å². The van der Waals surface area contributed by atoms with Gasteiger partial charge in [0, 0.05) is 13.7 Å². The van der Waals surface area contributed by atoms with Crippen molar-refractivity contribution in [3.8, 4) is 0 Å². The number of nitrogens with zero attached hydrogens (tertiary/aromatic N) is 3. The number of methoxy groups -OCH3 is 1. The van der Waals surface area contributed by atoms with Gasteiger partial charge in [-0.1, -0.05) is 5.10 Å². The number of hydrogen-bond acceptors (Lipinski definition) is 6. The van der Waals surface area contributed by atoms with E-state index in [1.54, 1.807) is 0 Å². The molecular formula is C5H11ClN6O2. The van der Waals surface area contributed by atoms with E-state index < -0.39 is 12.0 Å². The Bertz CT molecular complexity index is 261. The van der Waals surface area contributed by atoms with E-state index in [1.165, 1.54) is 7.11 Å². The molecule has 1 amide bonds. The highest BCUT2D eigenvalue weighted by molar-refractivity contribution is 5.92. The number of nitrogens with one attached hydrogen (secondary N) is 2. The zero-order chi connectivity index (χ0) is 9.68. The van der Waals surface area contributed by atoms with Gasteiger partial charge in [0.15, 0.2) is 0 Å². The average Bonchev–Trinajstić information content (AvgIpc) is 2.59. The number of carbonyl (C=O) groups excluding carboxylic acids is 1. The molecule has 80 valence electrons. The Kier molecular flexibility index (Phi) is 5.68. The molecule has 0 fully saturated rings. The largest absolute Gasteiger partial charge is 0.370 e. The Balaban J connectivity index is 0.00000169. The molecule has 1 rings (SSSR count). The van der Waals surface area contributed by atoms with Crippen LogP contribution in [0.2, 0.25) is 0 Å². The zero-order valence-electron chi connectivity index (χ0n) is 7.43. The number of carbonyl (C=O) groups is 1. The van der Waals surface area contributed by atoms with Crippen molar-refractivity contribution in [2.45, 2.75) is 6.10 Å². The Morgan fingerprint density at radius 1 is 1.79 bits per heavy atom. The van der Waals surface area contributed by atoms with E-state index in [1.807, 2.05) is 0 Å². The molecule has 9 heteroatoms. The second kappa shape index (κ2) is 6.24. The summed E-state index contributed by atoms with van der Waals surface area (Å²) in [6.07, 6.45) is -0.696. The fraction of sp³-hybridized carbons (Fsp3) is 0.600. The van der Waals surface area contributed by atoms with Gasteiger partial charge in [0.05, 0.1) is 0 Å². The van der Waals surface area contributed by atoms with Crippen LogP contribution in [-0.2, 0) is 9.53 Å². The lowest BCUT2D eigenvalue weighted by atomic mass is 10.3. The summed E-state index contributed by atoms with van der Waals surface area (Å²) in [4.78, 5) is 11.2. The molecule has 1 atom stereocenters. The summed E-state index contributed by atoms with van der Waals surface area (Å²) < 4.78 is 4.79. The minimum Gasteiger partial charge on any atom is -0.370 e. The number of tetrazole rings is 1. The van der Waals surface area contributed by atoms with Crippen molar-refractivity contribution in [3.63, 3.8) is 0 Å². The predicted molar refractivity (Wildman–Crippen MR) is 49.9 cm³/mol. The first-order chi connectivity index (χ1) is 6.27. The molecule has 8 nitrogen and oxygen atoms in total. The average molecular weight is 223 g/mol. The van der Waals surface area contributed by atoms with Crippen LogP contribution in [-0.4, -0.2) is 46.3 Å². The number of rotatable bonds is 4. The number of nitrogens with two attached hydrogens (primary N) is 1. The second-order valence-corrected chi connectivity index (χ2v) is 2.18. The minimum absolute atomic E-state index is 0. The van der Waals surface area contributed by atoms with E-state index in [-0.39, 0.29) is 24.9 Å². The van der Waals surface area contributed by atoms with Gasteiger partial charge in [0.1, 0.15) is 6.10 Å². The van der Waals surface area contributed by atoms with Crippen LogP contribution in [0.25, 0.3) is 0 Å². The molecule has 0 saturated carbocycles. The second-order valence-electron chi connectivity index (χ2n) is 2.18. The Morgan fingerprint density at radius 3 is 2.93 bits per heavy atom. The maximum atomic E-state index is 11.2. The van der Waals surface area contributed by atoms with E-state index in [4.69, 9.17) is 10.5 Å². The normalized spacial score (nSPS) is 11.6. The van der Waals surface area contributed by atoms with Gasteiger partial charge in [-0.15, -0.1) is 17.5 Å². The molecule has 0 aromatic carbocycles. The topological polar surface area (TPSA) is 119 Å². The number of H-pyrrole nitrogens is 1. The summed E-state index contributed by atoms with van der Waals surface area (Å²) in [6.45, 7) is 0.0974. The molecule has 0 aliphatic carbocycles. The number of anilines is 1. The van der Waals surface area contributed by atoms with Gasteiger partial charge in [0.25, 0.3) is 11.9 Å². The molecule has 0 bridgehead atoms. The summed E-state index contributed by atoms with van der Waals surface area (Å²) in [7, 11) is 1.40. The minimum atomic E-state index is -0.696. The highest BCUT2D eigenvalue weighted by Crippen LogP contribution is 1.94. The smallest absolute Gasteiger partial charge is 0.269 e. The summed E-state index contributed by atoms with van der Waals surface area (Å²) >= 11 is 0. The summed E-state index contributed by atoms with van der Waals surface area (Å²) in [5.41, 5.74) is 5.26. The van der Waals surface area contributed by atoms with Crippen LogP contribution in [0.15, 0.2) is 0 Å². The van der Waals surface area contributed by atoms with Gasteiger partial charge in [0.2, 0.25) is 0 Å². The van der Waals surface area contributed by atoms with Crippen molar-refractivity contribution in [2.24, 2.45) is 5.73 Å². The van der Waals surface area contributed by atoms with Gasteiger partial charge < -0.3 is 10.5 Å². The standard InChI is InChI=1S/C5H10N6O2.ClH/c1-13-3(2-6)4(12)7-5-8-10-11-9-5;/h3H,2,6H2,1H3,(H2,7,8,9,10,11,12);1H. The van der Waals surface area contributed by atoms with E-state index in [0.717, 1.165) is 0 Å². The molecule has 4 N–H and O–H groups in total. The number of amides is 1. The van der Waals surface area contributed by atoms with E-state index >= 15 is 0 Å². The summed E-state index contributed by atoms with van der Waals surface area (Å²) in [6, 6.07) is 0. The highest BCUT2D eigenvalue weighted by atomic mass is 35.5. The maximum Gasteiger partial charge on any atom is 0.269 e. The third kappa shape index (κ3) is 3.24. The molecule has 0 spiro atoms. The van der Waals surface area contributed by atoms with Gasteiger partial charge in [-0.3, -0.25) is 10.1 Å². The lowest BCUT2D eigenvalue weighted by Gasteiger charge is -2.10. The van der Waals surface area contributed by atoms with Crippen molar-refractivity contribution < 1.29 is 9.53 Å². The lowest BCUT2D eigenvalue weighted by Crippen LogP contribution is -2.36. The van der Waals surface area contributed by atoms with Crippen LogP contribution in [0.3, 0.4) is 0 Å². The van der Waals surface area contributed by atoms with Crippen LogP contribution in [0, 0.1) is 0 Å². The Hall–Kier alpha value is -1.25. The predicted octanol–water partition coefficient (Wildman–Crippen LogP) is -1.47. The van der Waals surface area contributed by atoms with Gasteiger partial charge >= 0.3 is 0 Å². The Morgan fingerprint density at radius 2 is 2.50 bits per heavy atom. The molecular weight excluding hydrogens is 212 g/mol. The fourth-order valence-electron chi connectivity index (χ4n) is 0.716. The molecule has 1 unspecified atom stereocenters. The van der Waals surface area contributed by atoms with Crippen molar-refractivity contribution >= 4 is 24.3 Å². The number of aromatic amines is 1.